The quantitative estimate of drug-likeness (QED) is 0.389. The lowest BCUT2D eigenvalue weighted by Gasteiger charge is -1.99. The van der Waals surface area contributed by atoms with E-state index in [1.807, 2.05) is 0 Å². The molecule has 0 N–H and O–H groups in total. The Morgan fingerprint density at radius 3 is 2.50 bits per heavy atom. The van der Waals surface area contributed by atoms with Crippen molar-refractivity contribution in [3.8, 4) is 0 Å². The largest absolute Gasteiger partial charge is 0.138 e. The molecule has 0 aliphatic heterocycles. The van der Waals surface area contributed by atoms with Crippen LogP contribution < -0.4 is 0 Å². The molecule has 0 amide bonds. The van der Waals surface area contributed by atoms with Crippen molar-refractivity contribution in [3.05, 3.63) is 11.3 Å². The molecule has 0 heterocycles. The van der Waals surface area contributed by atoms with Gasteiger partial charge in [-0.05, 0) is 5.92 Å². The average molecular weight is 128 g/mol. The molecule has 0 rings (SSSR count). The molecule has 0 fully saturated rings. The molecule has 0 radical (unpaired) electrons. The fraction of sp³-hybridized carbons (Fsp3) is 0.667. The van der Waals surface area contributed by atoms with Crippen molar-refractivity contribution >= 4 is 17.1 Å². The van der Waals surface area contributed by atoms with Crippen LogP contribution in [0.4, 0.5) is 0 Å². The second-order valence-electron chi connectivity index (χ2n) is 2.30. The number of rotatable bonds is 2. The first-order valence-electron chi connectivity index (χ1n) is 3.10. The Morgan fingerprint density at radius 1 is 1.88 bits per heavy atom. The Morgan fingerprint density at radius 2 is 2.38 bits per heavy atom. The van der Waals surface area contributed by atoms with Crippen LogP contribution in [0.2, 0.25) is 0 Å². The SMILES string of the molecule is B/C(P)=C\[C@@H](C)CC. The fourth-order valence-electron chi connectivity index (χ4n) is 0.567. The molecule has 0 bridgehead atoms. The first-order valence-corrected chi connectivity index (χ1v) is 3.68. The minimum atomic E-state index is 0.743. The highest BCUT2D eigenvalue weighted by molar-refractivity contribution is 7.26. The van der Waals surface area contributed by atoms with E-state index in [0.717, 1.165) is 5.92 Å². The van der Waals surface area contributed by atoms with Gasteiger partial charge in [0.05, 0.1) is 0 Å². The molecule has 0 saturated carbocycles. The smallest absolute Gasteiger partial charge is 0.121 e. The normalized spacial score (nSPS) is 16.1. The van der Waals surface area contributed by atoms with Gasteiger partial charge in [-0.25, -0.2) is 0 Å². The van der Waals surface area contributed by atoms with Crippen molar-refractivity contribution in [1.29, 1.82) is 0 Å². The Balaban J connectivity index is 3.51. The van der Waals surface area contributed by atoms with Crippen LogP contribution in [0.1, 0.15) is 20.3 Å². The average Bonchev–Trinajstić information content (AvgIpc) is 1.65. The van der Waals surface area contributed by atoms with Crippen LogP contribution in [-0.4, -0.2) is 7.85 Å². The zero-order valence-corrected chi connectivity index (χ0v) is 7.09. The molecule has 0 aromatic heterocycles. The predicted octanol–water partition coefficient (Wildman–Crippen LogP) is 1.38. The zero-order chi connectivity index (χ0) is 6.57. The van der Waals surface area contributed by atoms with E-state index in [1.54, 1.807) is 0 Å². The second kappa shape index (κ2) is 4.15. The fourth-order valence-corrected chi connectivity index (χ4v) is 0.895. The van der Waals surface area contributed by atoms with Gasteiger partial charge < -0.3 is 0 Å². The summed E-state index contributed by atoms with van der Waals surface area (Å²) < 4.78 is 0. The van der Waals surface area contributed by atoms with Crippen LogP contribution in [0.15, 0.2) is 11.3 Å². The molecule has 0 aliphatic rings. The van der Waals surface area contributed by atoms with Gasteiger partial charge in [-0.2, -0.15) is 0 Å². The monoisotopic (exact) mass is 128 g/mol. The van der Waals surface area contributed by atoms with Crippen LogP contribution in [0, 0.1) is 5.92 Å². The number of hydrogen-bond acceptors (Lipinski definition) is 0. The third-order valence-corrected chi connectivity index (χ3v) is 1.38. The topological polar surface area (TPSA) is 0 Å². The van der Waals surface area contributed by atoms with Crippen LogP contribution in [-0.2, 0) is 0 Å². The van der Waals surface area contributed by atoms with Crippen molar-refractivity contribution in [1.82, 2.24) is 0 Å². The molecular weight excluding hydrogens is 114 g/mol. The van der Waals surface area contributed by atoms with Gasteiger partial charge in [0.1, 0.15) is 7.85 Å². The van der Waals surface area contributed by atoms with E-state index >= 15 is 0 Å². The summed E-state index contributed by atoms with van der Waals surface area (Å²) >= 11 is 0. The summed E-state index contributed by atoms with van der Waals surface area (Å²) in [6.45, 7) is 4.43. The lowest BCUT2D eigenvalue weighted by atomic mass is 10.0. The first kappa shape index (κ1) is 8.23. The van der Waals surface area contributed by atoms with E-state index in [1.165, 1.54) is 11.6 Å². The third-order valence-electron chi connectivity index (χ3n) is 1.19. The van der Waals surface area contributed by atoms with Crippen LogP contribution >= 0.6 is 9.24 Å². The first-order chi connectivity index (χ1) is 3.66. The zero-order valence-electron chi connectivity index (χ0n) is 5.94. The van der Waals surface area contributed by atoms with Crippen molar-refractivity contribution < 1.29 is 0 Å². The molecule has 0 spiro atoms. The molecule has 0 aliphatic carbocycles. The summed E-state index contributed by atoms with van der Waals surface area (Å²) in [6.07, 6.45) is 3.51. The molecular formula is C6H14BP. The summed E-state index contributed by atoms with van der Waals surface area (Å²) in [5.74, 6) is 0.743. The summed E-state index contributed by atoms with van der Waals surface area (Å²) in [7, 11) is 4.80. The van der Waals surface area contributed by atoms with E-state index in [0.29, 0.717) is 0 Å². The van der Waals surface area contributed by atoms with E-state index in [2.05, 4.69) is 37.0 Å². The second-order valence-corrected chi connectivity index (χ2v) is 3.21. The van der Waals surface area contributed by atoms with Gasteiger partial charge in [0.15, 0.2) is 0 Å². The maximum Gasteiger partial charge on any atom is 0.138 e. The molecule has 2 heteroatoms. The molecule has 0 saturated heterocycles. The predicted molar refractivity (Wildman–Crippen MR) is 45.8 cm³/mol. The maximum atomic E-state index is 2.69. The molecule has 0 aromatic rings. The molecule has 1 unspecified atom stereocenters. The van der Waals surface area contributed by atoms with Crippen molar-refractivity contribution in [3.63, 3.8) is 0 Å². The van der Waals surface area contributed by atoms with Gasteiger partial charge in [0, 0.05) is 0 Å². The molecule has 46 valence electrons. The highest BCUT2D eigenvalue weighted by Crippen LogP contribution is 2.08. The van der Waals surface area contributed by atoms with Crippen LogP contribution in [0.25, 0.3) is 0 Å². The third kappa shape index (κ3) is 4.40. The summed E-state index contributed by atoms with van der Waals surface area (Å²) in [4.78, 5) is 0. The number of allylic oxidation sites excluding steroid dienone is 1. The van der Waals surface area contributed by atoms with E-state index in [-0.39, 0.29) is 0 Å². The Kier molecular flexibility index (Phi) is 4.27. The maximum absolute atomic E-state index is 2.69. The minimum Gasteiger partial charge on any atom is -0.121 e. The van der Waals surface area contributed by atoms with Gasteiger partial charge in [0.2, 0.25) is 0 Å². The lowest BCUT2D eigenvalue weighted by molar-refractivity contribution is 0.698. The van der Waals surface area contributed by atoms with E-state index < -0.39 is 0 Å². The summed E-state index contributed by atoms with van der Waals surface area (Å²) in [5, 5.41) is 1.35. The van der Waals surface area contributed by atoms with Gasteiger partial charge in [0.25, 0.3) is 0 Å². The van der Waals surface area contributed by atoms with Gasteiger partial charge in [-0.1, -0.05) is 31.6 Å². The van der Waals surface area contributed by atoms with Gasteiger partial charge in [-0.3, -0.25) is 0 Å². The minimum absolute atomic E-state index is 0.743. The Bertz CT molecular complexity index is 84.5. The highest BCUT2D eigenvalue weighted by atomic mass is 31.0. The van der Waals surface area contributed by atoms with Gasteiger partial charge >= 0.3 is 0 Å². The molecule has 8 heavy (non-hydrogen) atoms. The van der Waals surface area contributed by atoms with Gasteiger partial charge in [-0.15, -0.1) is 9.24 Å². The van der Waals surface area contributed by atoms with Crippen LogP contribution in [0.5, 0.6) is 0 Å². The molecule has 0 aromatic carbocycles. The van der Waals surface area contributed by atoms with Crippen LogP contribution in [0.3, 0.4) is 0 Å². The lowest BCUT2D eigenvalue weighted by Crippen LogP contribution is -1.85. The van der Waals surface area contributed by atoms with Crippen molar-refractivity contribution in [2.75, 3.05) is 0 Å². The van der Waals surface area contributed by atoms with E-state index in [4.69, 9.17) is 0 Å². The Labute approximate surface area is 55.4 Å². The molecule has 0 nitrogen and oxygen atoms in total. The summed E-state index contributed by atoms with van der Waals surface area (Å²) in [5.41, 5.74) is 0. The highest BCUT2D eigenvalue weighted by Gasteiger charge is 1.89. The Hall–Kier alpha value is 0.235. The number of hydrogen-bond donors (Lipinski definition) is 0. The van der Waals surface area contributed by atoms with Crippen molar-refractivity contribution in [2.45, 2.75) is 20.3 Å². The molecule has 2 atom stereocenters. The summed E-state index contributed by atoms with van der Waals surface area (Å²) in [6, 6.07) is 0. The standard InChI is InChI=1S/C6H14BP/c1-3-5(2)4-6(7)8/h4-5H,3,7-8H2,1-2H3/b6-4+/t5-/m0/s1. The van der Waals surface area contributed by atoms with E-state index in [9.17, 15) is 0 Å². The van der Waals surface area contributed by atoms with Crippen molar-refractivity contribution in [2.24, 2.45) is 5.92 Å².